The molecule has 0 bridgehead atoms. The van der Waals surface area contributed by atoms with Gasteiger partial charge in [0.1, 0.15) is 6.54 Å². The van der Waals surface area contributed by atoms with Crippen molar-refractivity contribution in [2.75, 3.05) is 18.4 Å². The van der Waals surface area contributed by atoms with Gasteiger partial charge in [0.15, 0.2) is 0 Å². The zero-order valence-electron chi connectivity index (χ0n) is 14.3. The molecule has 0 radical (unpaired) electrons. The van der Waals surface area contributed by atoms with Crippen LogP contribution in [-0.4, -0.2) is 63.4 Å². The molecule has 2 aliphatic carbocycles. The molecule has 2 saturated carbocycles. The van der Waals surface area contributed by atoms with Crippen molar-refractivity contribution in [3.05, 3.63) is 12.4 Å². The predicted molar refractivity (Wildman–Crippen MR) is 89.1 cm³/mol. The molecule has 1 heterocycles. The zero-order chi connectivity index (χ0) is 18.7. The topological polar surface area (TPSA) is 99.5 Å². The first-order chi connectivity index (χ1) is 12.4. The highest BCUT2D eigenvalue weighted by atomic mass is 19.3. The van der Waals surface area contributed by atoms with Crippen LogP contribution < -0.4 is 10.6 Å². The second-order valence-electron chi connectivity index (χ2n) is 7.03. The summed E-state index contributed by atoms with van der Waals surface area (Å²) in [5, 5.41) is 18.2. The van der Waals surface area contributed by atoms with Crippen LogP contribution in [0.25, 0.3) is 0 Å². The van der Waals surface area contributed by atoms with Crippen molar-refractivity contribution in [1.29, 1.82) is 0 Å². The summed E-state index contributed by atoms with van der Waals surface area (Å²) >= 11 is 0. The van der Waals surface area contributed by atoms with Crippen LogP contribution >= 0.6 is 0 Å². The number of alkyl halides is 2. The molecule has 0 aliphatic heterocycles. The molecule has 26 heavy (non-hydrogen) atoms. The number of halogens is 2. The van der Waals surface area contributed by atoms with E-state index in [2.05, 4.69) is 15.7 Å². The van der Waals surface area contributed by atoms with Crippen molar-refractivity contribution in [3.8, 4) is 0 Å². The maximum absolute atomic E-state index is 12.3. The lowest BCUT2D eigenvalue weighted by molar-refractivity contribution is -0.139. The van der Waals surface area contributed by atoms with Crippen LogP contribution in [-0.2, 0) is 11.3 Å². The minimum atomic E-state index is -2.51. The van der Waals surface area contributed by atoms with Crippen molar-refractivity contribution in [1.82, 2.24) is 20.0 Å². The highest BCUT2D eigenvalue weighted by molar-refractivity contribution is 5.89. The molecule has 0 spiro atoms. The third-order valence-corrected chi connectivity index (χ3v) is 4.71. The predicted octanol–water partition coefficient (Wildman–Crippen LogP) is 1.60. The Hall–Kier alpha value is -2.23. The Morgan fingerprint density at radius 1 is 1.38 bits per heavy atom. The van der Waals surface area contributed by atoms with E-state index in [1.165, 1.54) is 12.4 Å². The summed E-state index contributed by atoms with van der Waals surface area (Å²) in [6.45, 7) is 0.316. The van der Waals surface area contributed by atoms with Crippen LogP contribution in [0.5, 0.6) is 0 Å². The largest absolute Gasteiger partial charge is 0.480 e. The number of urea groups is 1. The van der Waals surface area contributed by atoms with Crippen LogP contribution in [0.4, 0.5) is 19.3 Å². The summed E-state index contributed by atoms with van der Waals surface area (Å²) in [7, 11) is 0. The first kappa shape index (κ1) is 18.6. The normalized spacial score (nSPS) is 22.3. The Bertz CT molecular complexity index is 644. The van der Waals surface area contributed by atoms with Crippen molar-refractivity contribution in [2.24, 2.45) is 5.92 Å². The van der Waals surface area contributed by atoms with Crippen LogP contribution in [0.3, 0.4) is 0 Å². The Morgan fingerprint density at radius 3 is 2.73 bits per heavy atom. The number of carboxylic acid groups (broad SMARTS) is 1. The van der Waals surface area contributed by atoms with E-state index in [1.54, 1.807) is 0 Å². The Labute approximate surface area is 149 Å². The number of carbonyl (C=O) groups excluding carboxylic acids is 1. The summed E-state index contributed by atoms with van der Waals surface area (Å²) in [5.74, 6) is -0.227. The van der Waals surface area contributed by atoms with Gasteiger partial charge < -0.3 is 15.7 Å². The molecule has 2 fully saturated rings. The molecule has 2 amide bonds. The molecule has 2 aliphatic rings. The van der Waals surface area contributed by atoms with E-state index < -0.39 is 25.0 Å². The molecule has 8 nitrogen and oxygen atoms in total. The smallest absolute Gasteiger partial charge is 0.319 e. The van der Waals surface area contributed by atoms with Gasteiger partial charge in [-0.2, -0.15) is 5.10 Å². The van der Waals surface area contributed by atoms with Gasteiger partial charge >= 0.3 is 12.0 Å². The van der Waals surface area contributed by atoms with Gasteiger partial charge in [0, 0.05) is 24.8 Å². The third kappa shape index (κ3) is 5.38. The molecule has 0 saturated heterocycles. The van der Waals surface area contributed by atoms with Crippen LogP contribution in [0.2, 0.25) is 0 Å². The number of aromatic nitrogens is 2. The summed E-state index contributed by atoms with van der Waals surface area (Å²) in [5.41, 5.74) is 0.347. The minimum absolute atomic E-state index is 0.0217. The number of anilines is 1. The van der Waals surface area contributed by atoms with Crippen molar-refractivity contribution >= 4 is 17.7 Å². The molecular formula is C16H23F2N5O3. The van der Waals surface area contributed by atoms with Crippen molar-refractivity contribution in [2.45, 2.75) is 50.7 Å². The average Bonchev–Trinajstić information content (AvgIpc) is 3.20. The maximum Gasteiger partial charge on any atom is 0.319 e. The molecule has 1 aromatic rings. The number of aliphatic carboxylic acids is 1. The van der Waals surface area contributed by atoms with E-state index >= 15 is 0 Å². The lowest BCUT2D eigenvalue weighted by Gasteiger charge is -2.42. The van der Waals surface area contributed by atoms with E-state index in [0.717, 1.165) is 24.1 Å². The van der Waals surface area contributed by atoms with Crippen LogP contribution in [0.1, 0.15) is 25.7 Å². The molecule has 3 N–H and O–H groups in total. The standard InChI is InChI=1S/C16H23F2N5O3/c17-14(18)8-23-7-12(5-19-23)21-16(26)20-11-3-13(4-11)22(9-15(24)25)6-10-1-2-10/h5,7,10-11,13-14H,1-4,6,8-9H2,(H,24,25)(H2,20,21,26). The SMILES string of the molecule is O=C(O)CN(CC1CC1)C1CC(NC(=O)Nc2cnn(CC(F)F)c2)C1. The van der Waals surface area contributed by atoms with Gasteiger partial charge in [-0.25, -0.2) is 13.6 Å². The molecule has 1 aromatic heterocycles. The summed E-state index contributed by atoms with van der Waals surface area (Å²) in [6.07, 6.45) is 3.89. The lowest BCUT2D eigenvalue weighted by Crippen LogP contribution is -2.55. The maximum atomic E-state index is 12.3. The number of carboxylic acids is 1. The van der Waals surface area contributed by atoms with Gasteiger partial charge in [-0.3, -0.25) is 14.4 Å². The van der Waals surface area contributed by atoms with E-state index in [9.17, 15) is 18.4 Å². The molecule has 0 aromatic carbocycles. The van der Waals surface area contributed by atoms with Crippen molar-refractivity contribution in [3.63, 3.8) is 0 Å². The fourth-order valence-corrected chi connectivity index (χ4v) is 3.17. The van der Waals surface area contributed by atoms with E-state index in [1.807, 2.05) is 4.90 Å². The first-order valence-corrected chi connectivity index (χ1v) is 8.73. The van der Waals surface area contributed by atoms with Gasteiger partial charge in [-0.15, -0.1) is 0 Å². The van der Waals surface area contributed by atoms with E-state index in [4.69, 9.17) is 5.11 Å². The third-order valence-electron chi connectivity index (χ3n) is 4.71. The summed E-state index contributed by atoms with van der Waals surface area (Å²) in [4.78, 5) is 25.0. The Balaban J connectivity index is 1.40. The first-order valence-electron chi connectivity index (χ1n) is 8.73. The van der Waals surface area contributed by atoms with Crippen LogP contribution in [0, 0.1) is 5.92 Å². The molecule has 3 rings (SSSR count). The molecule has 10 heteroatoms. The van der Waals surface area contributed by atoms with Crippen LogP contribution in [0.15, 0.2) is 12.4 Å². The second kappa shape index (κ2) is 7.98. The Morgan fingerprint density at radius 2 is 2.12 bits per heavy atom. The number of nitrogens with one attached hydrogen (secondary N) is 2. The molecular weight excluding hydrogens is 348 g/mol. The number of nitrogens with zero attached hydrogens (tertiary/aromatic N) is 3. The summed E-state index contributed by atoms with van der Waals surface area (Å²) in [6, 6.07) is -0.269. The number of amides is 2. The highest BCUT2D eigenvalue weighted by Gasteiger charge is 2.37. The average molecular weight is 371 g/mol. The van der Waals surface area contributed by atoms with Gasteiger partial charge in [0.25, 0.3) is 6.43 Å². The van der Waals surface area contributed by atoms with Gasteiger partial charge in [-0.1, -0.05) is 0 Å². The highest BCUT2D eigenvalue weighted by Crippen LogP contribution is 2.33. The molecule has 144 valence electrons. The molecule has 0 atom stereocenters. The Kier molecular flexibility index (Phi) is 5.70. The fourth-order valence-electron chi connectivity index (χ4n) is 3.17. The minimum Gasteiger partial charge on any atom is -0.480 e. The number of hydrogen-bond donors (Lipinski definition) is 3. The second-order valence-corrected chi connectivity index (χ2v) is 7.03. The summed E-state index contributed by atoms with van der Waals surface area (Å²) < 4.78 is 25.6. The monoisotopic (exact) mass is 371 g/mol. The lowest BCUT2D eigenvalue weighted by atomic mass is 9.85. The number of hydrogen-bond acceptors (Lipinski definition) is 4. The zero-order valence-corrected chi connectivity index (χ0v) is 14.3. The quantitative estimate of drug-likeness (QED) is 0.612. The van der Waals surface area contributed by atoms with Gasteiger partial charge in [0.05, 0.1) is 18.4 Å². The van der Waals surface area contributed by atoms with Crippen molar-refractivity contribution < 1.29 is 23.5 Å². The fraction of sp³-hybridized carbons (Fsp3) is 0.688. The number of rotatable bonds is 9. The van der Waals surface area contributed by atoms with Gasteiger partial charge in [-0.05, 0) is 31.6 Å². The van der Waals surface area contributed by atoms with E-state index in [0.29, 0.717) is 24.4 Å². The molecule has 0 unspecified atom stereocenters. The van der Waals surface area contributed by atoms with E-state index in [-0.39, 0.29) is 18.6 Å². The number of carbonyl (C=O) groups is 2. The van der Waals surface area contributed by atoms with Gasteiger partial charge in [0.2, 0.25) is 0 Å².